The second-order valence-electron chi connectivity index (χ2n) is 7.03. The van der Waals surface area contributed by atoms with Crippen molar-refractivity contribution in [3.8, 4) is 6.07 Å². The molecule has 1 heterocycles. The van der Waals surface area contributed by atoms with Crippen molar-refractivity contribution in [1.82, 2.24) is 10.2 Å². The molecule has 0 spiro atoms. The Morgan fingerprint density at radius 2 is 2.26 bits per heavy atom. The van der Waals surface area contributed by atoms with Gasteiger partial charge in [-0.3, -0.25) is 4.90 Å². The summed E-state index contributed by atoms with van der Waals surface area (Å²) >= 11 is 0. The van der Waals surface area contributed by atoms with Crippen molar-refractivity contribution in [2.45, 2.75) is 51.8 Å². The van der Waals surface area contributed by atoms with Crippen LogP contribution in [0.2, 0.25) is 0 Å². The lowest BCUT2D eigenvalue weighted by Crippen LogP contribution is -2.48. The molecular formula is C18H25N3O2. The first-order valence-corrected chi connectivity index (χ1v) is 8.06. The zero-order valence-corrected chi connectivity index (χ0v) is 14.1. The highest BCUT2D eigenvalue weighted by molar-refractivity contribution is 5.68. The molecule has 1 aromatic rings. The van der Waals surface area contributed by atoms with Gasteiger partial charge < -0.3 is 10.1 Å². The SMILES string of the molecule is CC(C)(C)OC(=O)NC1CCCN(Cc2cccc(C#N)c2)C1. The van der Waals surface area contributed by atoms with Crippen LogP contribution in [-0.4, -0.2) is 35.7 Å². The van der Waals surface area contributed by atoms with Crippen molar-refractivity contribution in [3.05, 3.63) is 35.4 Å². The van der Waals surface area contributed by atoms with Gasteiger partial charge in [0.15, 0.2) is 0 Å². The molecule has 0 saturated carbocycles. The molecule has 2 rings (SSSR count). The quantitative estimate of drug-likeness (QED) is 0.931. The molecule has 23 heavy (non-hydrogen) atoms. The van der Waals surface area contributed by atoms with Gasteiger partial charge in [0, 0.05) is 19.1 Å². The third kappa shape index (κ3) is 5.91. The number of nitriles is 1. The Hall–Kier alpha value is -2.06. The smallest absolute Gasteiger partial charge is 0.407 e. The summed E-state index contributed by atoms with van der Waals surface area (Å²) in [6, 6.07) is 9.96. The minimum Gasteiger partial charge on any atom is -0.444 e. The maximum Gasteiger partial charge on any atom is 0.407 e. The highest BCUT2D eigenvalue weighted by Gasteiger charge is 2.24. The van der Waals surface area contributed by atoms with Gasteiger partial charge in [-0.05, 0) is 57.9 Å². The molecule has 1 saturated heterocycles. The lowest BCUT2D eigenvalue weighted by Gasteiger charge is -2.33. The molecule has 1 atom stereocenters. The minimum atomic E-state index is -0.476. The fourth-order valence-electron chi connectivity index (χ4n) is 2.79. The van der Waals surface area contributed by atoms with Crippen LogP contribution in [0.3, 0.4) is 0 Å². The lowest BCUT2D eigenvalue weighted by atomic mass is 10.0. The number of carbonyl (C=O) groups excluding carboxylic acids is 1. The number of alkyl carbamates (subject to hydrolysis) is 1. The van der Waals surface area contributed by atoms with Gasteiger partial charge in [0.25, 0.3) is 0 Å². The molecule has 5 nitrogen and oxygen atoms in total. The Kier molecular flexibility index (Phi) is 5.62. The van der Waals surface area contributed by atoms with E-state index in [0.717, 1.165) is 38.0 Å². The number of amides is 1. The number of ether oxygens (including phenoxy) is 1. The van der Waals surface area contributed by atoms with E-state index in [-0.39, 0.29) is 12.1 Å². The summed E-state index contributed by atoms with van der Waals surface area (Å²) in [7, 11) is 0. The zero-order valence-electron chi connectivity index (χ0n) is 14.1. The topological polar surface area (TPSA) is 65.4 Å². The second-order valence-corrected chi connectivity index (χ2v) is 7.03. The van der Waals surface area contributed by atoms with Crippen molar-refractivity contribution in [1.29, 1.82) is 5.26 Å². The van der Waals surface area contributed by atoms with Crippen molar-refractivity contribution in [2.24, 2.45) is 0 Å². The highest BCUT2D eigenvalue weighted by Crippen LogP contribution is 2.15. The number of rotatable bonds is 3. The number of hydrogen-bond acceptors (Lipinski definition) is 4. The predicted octanol–water partition coefficient (Wildman–Crippen LogP) is 3.05. The van der Waals surface area contributed by atoms with E-state index in [2.05, 4.69) is 16.3 Å². The maximum absolute atomic E-state index is 11.9. The van der Waals surface area contributed by atoms with Gasteiger partial charge in [0.2, 0.25) is 0 Å². The van der Waals surface area contributed by atoms with E-state index >= 15 is 0 Å². The summed E-state index contributed by atoms with van der Waals surface area (Å²) in [6.07, 6.45) is 1.66. The van der Waals surface area contributed by atoms with Gasteiger partial charge in [-0.15, -0.1) is 0 Å². The zero-order chi connectivity index (χ0) is 16.9. The Labute approximate surface area is 138 Å². The molecule has 1 unspecified atom stereocenters. The largest absolute Gasteiger partial charge is 0.444 e. The van der Waals surface area contributed by atoms with Crippen molar-refractivity contribution < 1.29 is 9.53 Å². The predicted molar refractivity (Wildman–Crippen MR) is 88.8 cm³/mol. The number of piperidine rings is 1. The summed E-state index contributed by atoms with van der Waals surface area (Å²) in [5.74, 6) is 0. The number of benzene rings is 1. The van der Waals surface area contributed by atoms with Crippen LogP contribution in [0.25, 0.3) is 0 Å². The summed E-state index contributed by atoms with van der Waals surface area (Å²) in [5.41, 5.74) is 1.33. The number of nitrogens with one attached hydrogen (secondary N) is 1. The summed E-state index contributed by atoms with van der Waals surface area (Å²) in [4.78, 5) is 14.2. The molecule has 1 aliphatic rings. The van der Waals surface area contributed by atoms with Gasteiger partial charge in [-0.1, -0.05) is 12.1 Å². The van der Waals surface area contributed by atoms with Crippen LogP contribution in [-0.2, 0) is 11.3 Å². The van der Waals surface area contributed by atoms with Gasteiger partial charge in [0.1, 0.15) is 5.60 Å². The molecular weight excluding hydrogens is 290 g/mol. The normalized spacial score (nSPS) is 19.0. The number of nitrogens with zero attached hydrogens (tertiary/aromatic N) is 2. The van der Waals surface area contributed by atoms with Crippen LogP contribution >= 0.6 is 0 Å². The van der Waals surface area contributed by atoms with E-state index in [1.54, 1.807) is 0 Å². The molecule has 1 aromatic carbocycles. The Morgan fingerprint density at radius 1 is 1.48 bits per heavy atom. The lowest BCUT2D eigenvalue weighted by molar-refractivity contribution is 0.0470. The molecule has 1 fully saturated rings. The molecule has 0 aromatic heterocycles. The molecule has 1 N–H and O–H groups in total. The van der Waals surface area contributed by atoms with Crippen LogP contribution in [0, 0.1) is 11.3 Å². The number of carbonyl (C=O) groups is 1. The molecule has 0 aliphatic carbocycles. The highest BCUT2D eigenvalue weighted by atomic mass is 16.6. The summed E-state index contributed by atoms with van der Waals surface area (Å²) in [6.45, 7) is 8.19. The van der Waals surface area contributed by atoms with E-state index in [0.29, 0.717) is 5.56 Å². The minimum absolute atomic E-state index is 0.109. The Morgan fingerprint density at radius 3 is 2.96 bits per heavy atom. The van der Waals surface area contributed by atoms with Crippen LogP contribution in [0.4, 0.5) is 4.79 Å². The molecule has 0 radical (unpaired) electrons. The molecule has 124 valence electrons. The first-order valence-electron chi connectivity index (χ1n) is 8.06. The van der Waals surface area contributed by atoms with Crippen LogP contribution in [0.15, 0.2) is 24.3 Å². The number of likely N-dealkylation sites (tertiary alicyclic amines) is 1. The van der Waals surface area contributed by atoms with Crippen LogP contribution in [0.1, 0.15) is 44.7 Å². The van der Waals surface area contributed by atoms with Gasteiger partial charge in [-0.25, -0.2) is 4.79 Å². The average Bonchev–Trinajstić information content (AvgIpc) is 2.45. The van der Waals surface area contributed by atoms with E-state index in [9.17, 15) is 4.79 Å². The van der Waals surface area contributed by atoms with Crippen LogP contribution in [0.5, 0.6) is 0 Å². The monoisotopic (exact) mass is 315 g/mol. The van der Waals surface area contributed by atoms with Gasteiger partial charge in [-0.2, -0.15) is 5.26 Å². The van der Waals surface area contributed by atoms with Crippen molar-refractivity contribution >= 4 is 6.09 Å². The Balaban J connectivity index is 1.88. The third-order valence-electron chi connectivity index (χ3n) is 3.69. The molecule has 1 aliphatic heterocycles. The summed E-state index contributed by atoms with van der Waals surface area (Å²) < 4.78 is 5.32. The average molecular weight is 315 g/mol. The van der Waals surface area contributed by atoms with E-state index in [1.807, 2.05) is 45.0 Å². The first-order chi connectivity index (χ1) is 10.9. The molecule has 0 bridgehead atoms. The molecule has 5 heteroatoms. The first kappa shape index (κ1) is 17.3. The second kappa shape index (κ2) is 7.47. The standard InChI is InChI=1S/C18H25N3O2/c1-18(2,3)23-17(22)20-16-8-5-9-21(13-16)12-15-7-4-6-14(10-15)11-19/h4,6-7,10,16H,5,8-9,12-13H2,1-3H3,(H,20,22). The van der Waals surface area contributed by atoms with Crippen molar-refractivity contribution in [2.75, 3.05) is 13.1 Å². The fraction of sp³-hybridized carbons (Fsp3) is 0.556. The maximum atomic E-state index is 11.9. The van der Waals surface area contributed by atoms with E-state index in [4.69, 9.17) is 10.00 Å². The van der Waals surface area contributed by atoms with E-state index < -0.39 is 5.60 Å². The molecule has 1 amide bonds. The third-order valence-corrected chi connectivity index (χ3v) is 3.69. The Bertz CT molecular complexity index is 587. The van der Waals surface area contributed by atoms with Gasteiger partial charge in [0.05, 0.1) is 11.6 Å². The fourth-order valence-corrected chi connectivity index (χ4v) is 2.79. The van der Waals surface area contributed by atoms with Crippen molar-refractivity contribution in [3.63, 3.8) is 0 Å². The number of hydrogen-bond donors (Lipinski definition) is 1. The van der Waals surface area contributed by atoms with E-state index in [1.165, 1.54) is 0 Å². The summed E-state index contributed by atoms with van der Waals surface area (Å²) in [5, 5.41) is 11.9. The van der Waals surface area contributed by atoms with Crippen LogP contribution < -0.4 is 5.32 Å². The van der Waals surface area contributed by atoms with Gasteiger partial charge >= 0.3 is 6.09 Å².